The number of hydrogen-bond acceptors (Lipinski definition) is 2. The van der Waals surface area contributed by atoms with Crippen molar-refractivity contribution in [3.63, 3.8) is 0 Å². The van der Waals surface area contributed by atoms with Gasteiger partial charge in [-0.3, -0.25) is 4.79 Å². The Kier molecular flexibility index (Phi) is 6.33. The molecule has 0 aromatic heterocycles. The average Bonchev–Trinajstić information content (AvgIpc) is 2.24. The Morgan fingerprint density at radius 2 is 1.63 bits per heavy atom. The van der Waals surface area contributed by atoms with Gasteiger partial charge in [0.1, 0.15) is 0 Å². The van der Waals surface area contributed by atoms with Crippen molar-refractivity contribution in [2.24, 2.45) is 5.41 Å². The monoisotopic (exact) mass is 272 g/mol. The van der Waals surface area contributed by atoms with Crippen LogP contribution in [0.1, 0.15) is 48.0 Å². The third-order valence-corrected chi connectivity index (χ3v) is 3.57. The molecule has 0 aromatic carbocycles. The second-order valence-electron chi connectivity index (χ2n) is 6.37. The number of urea groups is 1. The van der Waals surface area contributed by atoms with E-state index in [0.717, 1.165) is 0 Å². The molecule has 0 radical (unpaired) electrons. The molecule has 0 fully saturated rings. The van der Waals surface area contributed by atoms with Crippen LogP contribution in [0.3, 0.4) is 0 Å². The Hall–Kier alpha value is -1.26. The van der Waals surface area contributed by atoms with Gasteiger partial charge < -0.3 is 14.9 Å². The smallest absolute Gasteiger partial charge is 0.320 e. The zero-order chi connectivity index (χ0) is 15.4. The number of rotatable bonds is 5. The largest absolute Gasteiger partial charge is 0.481 e. The minimum atomic E-state index is -0.884. The Morgan fingerprint density at radius 1 is 1.16 bits per heavy atom. The fraction of sp³-hybridized carbons (Fsp3) is 0.857. The highest BCUT2D eigenvalue weighted by atomic mass is 16.4. The highest BCUT2D eigenvalue weighted by Crippen LogP contribution is 2.24. The maximum Gasteiger partial charge on any atom is 0.320 e. The molecule has 0 heterocycles. The summed E-state index contributed by atoms with van der Waals surface area (Å²) >= 11 is 0. The Morgan fingerprint density at radius 3 is 1.95 bits per heavy atom. The predicted molar refractivity (Wildman–Crippen MR) is 76.2 cm³/mol. The lowest BCUT2D eigenvalue weighted by Crippen LogP contribution is -2.51. The molecule has 5 nitrogen and oxygen atoms in total. The van der Waals surface area contributed by atoms with Crippen molar-refractivity contribution < 1.29 is 14.7 Å². The molecule has 0 aliphatic carbocycles. The molecule has 112 valence electrons. The lowest BCUT2D eigenvalue weighted by atomic mass is 9.87. The molecule has 1 unspecified atom stereocenters. The van der Waals surface area contributed by atoms with E-state index in [9.17, 15) is 9.59 Å². The fourth-order valence-electron chi connectivity index (χ4n) is 1.74. The van der Waals surface area contributed by atoms with Crippen molar-refractivity contribution in [3.8, 4) is 0 Å². The van der Waals surface area contributed by atoms with Gasteiger partial charge in [0, 0.05) is 25.7 Å². The molecule has 0 rings (SSSR count). The third kappa shape index (κ3) is 5.49. The standard InChI is InChI=1S/C14H28N2O3/c1-10(2)16(9-8-12(17)18)13(19)15(7)11(3)14(4,5)6/h10-11H,8-9H2,1-7H3,(H,17,18). The van der Waals surface area contributed by atoms with Crippen molar-refractivity contribution in [1.29, 1.82) is 0 Å². The highest BCUT2D eigenvalue weighted by molar-refractivity contribution is 5.76. The molecule has 1 N–H and O–H groups in total. The molecule has 0 aliphatic heterocycles. The van der Waals surface area contributed by atoms with E-state index in [1.54, 1.807) is 16.8 Å². The highest BCUT2D eigenvalue weighted by Gasteiger charge is 2.30. The molecule has 0 saturated heterocycles. The van der Waals surface area contributed by atoms with E-state index < -0.39 is 5.97 Å². The molecule has 0 spiro atoms. The van der Waals surface area contributed by atoms with Gasteiger partial charge in [-0.1, -0.05) is 20.8 Å². The van der Waals surface area contributed by atoms with Gasteiger partial charge in [0.2, 0.25) is 0 Å². The number of carbonyl (C=O) groups is 2. The minimum absolute atomic E-state index is 0.0125. The summed E-state index contributed by atoms with van der Waals surface area (Å²) in [5.41, 5.74) is -0.0140. The molecule has 2 amide bonds. The average molecular weight is 272 g/mol. The second kappa shape index (κ2) is 6.78. The van der Waals surface area contributed by atoms with E-state index in [0.29, 0.717) is 0 Å². The summed E-state index contributed by atoms with van der Waals surface area (Å²) in [7, 11) is 1.77. The summed E-state index contributed by atoms with van der Waals surface area (Å²) < 4.78 is 0. The van der Waals surface area contributed by atoms with Crippen molar-refractivity contribution in [2.45, 2.75) is 60.0 Å². The van der Waals surface area contributed by atoms with Gasteiger partial charge in [-0.05, 0) is 26.2 Å². The molecule has 0 aliphatic rings. The summed E-state index contributed by atoms with van der Waals surface area (Å²) in [6.07, 6.45) is -0.0261. The number of carboxylic acids is 1. The van der Waals surface area contributed by atoms with Gasteiger partial charge in [0.05, 0.1) is 6.42 Å². The van der Waals surface area contributed by atoms with Gasteiger partial charge in [-0.2, -0.15) is 0 Å². The second-order valence-corrected chi connectivity index (χ2v) is 6.37. The first-order valence-corrected chi connectivity index (χ1v) is 6.73. The molecular formula is C14H28N2O3. The summed E-state index contributed by atoms with van der Waals surface area (Å²) in [4.78, 5) is 26.4. The SMILES string of the molecule is CC(C)N(CCC(=O)O)C(=O)N(C)C(C)C(C)(C)C. The van der Waals surface area contributed by atoms with E-state index in [-0.39, 0.29) is 36.5 Å². The number of carbonyl (C=O) groups excluding carboxylic acids is 1. The van der Waals surface area contributed by atoms with Crippen LogP contribution in [0.15, 0.2) is 0 Å². The van der Waals surface area contributed by atoms with Crippen molar-refractivity contribution in [2.75, 3.05) is 13.6 Å². The van der Waals surface area contributed by atoms with Crippen LogP contribution >= 0.6 is 0 Å². The van der Waals surface area contributed by atoms with Gasteiger partial charge in [0.15, 0.2) is 0 Å². The van der Waals surface area contributed by atoms with Crippen LogP contribution < -0.4 is 0 Å². The van der Waals surface area contributed by atoms with Crippen molar-refractivity contribution in [1.82, 2.24) is 9.80 Å². The molecule has 0 aromatic rings. The molecule has 5 heteroatoms. The Labute approximate surface area is 116 Å². The van der Waals surface area contributed by atoms with Gasteiger partial charge >= 0.3 is 12.0 Å². The maximum absolute atomic E-state index is 12.4. The van der Waals surface area contributed by atoms with Gasteiger partial charge in [-0.15, -0.1) is 0 Å². The number of nitrogens with zero attached hydrogens (tertiary/aromatic N) is 2. The number of aliphatic carboxylic acids is 1. The Bertz CT molecular complexity index is 321. The zero-order valence-corrected chi connectivity index (χ0v) is 13.2. The van der Waals surface area contributed by atoms with E-state index in [1.165, 1.54) is 0 Å². The molecule has 0 saturated carbocycles. The quantitative estimate of drug-likeness (QED) is 0.837. The lowest BCUT2D eigenvalue weighted by molar-refractivity contribution is -0.137. The van der Waals surface area contributed by atoms with Crippen LogP contribution in [0.5, 0.6) is 0 Å². The van der Waals surface area contributed by atoms with Crippen LogP contribution in [0, 0.1) is 5.41 Å². The van der Waals surface area contributed by atoms with Gasteiger partial charge in [0.25, 0.3) is 0 Å². The first kappa shape index (κ1) is 17.7. The van der Waals surface area contributed by atoms with Crippen LogP contribution in [-0.2, 0) is 4.79 Å². The number of hydrogen-bond donors (Lipinski definition) is 1. The number of carboxylic acid groups (broad SMARTS) is 1. The van der Waals surface area contributed by atoms with Crippen molar-refractivity contribution >= 4 is 12.0 Å². The summed E-state index contributed by atoms with van der Waals surface area (Å²) in [6.45, 7) is 12.3. The van der Waals surface area contributed by atoms with Crippen LogP contribution in [-0.4, -0.2) is 52.6 Å². The fourth-order valence-corrected chi connectivity index (χ4v) is 1.74. The molecule has 1 atom stereocenters. The van der Waals surface area contributed by atoms with E-state index in [1.807, 2.05) is 20.8 Å². The summed E-state index contributed by atoms with van der Waals surface area (Å²) in [6, 6.07) is -0.0498. The molecule has 19 heavy (non-hydrogen) atoms. The predicted octanol–water partition coefficient (Wildman–Crippen LogP) is 2.66. The summed E-state index contributed by atoms with van der Waals surface area (Å²) in [5.74, 6) is -0.884. The lowest BCUT2D eigenvalue weighted by Gasteiger charge is -2.39. The number of amides is 2. The van der Waals surface area contributed by atoms with Crippen LogP contribution in [0.25, 0.3) is 0 Å². The first-order valence-electron chi connectivity index (χ1n) is 6.73. The first-order chi connectivity index (χ1) is 8.48. The van der Waals surface area contributed by atoms with E-state index in [4.69, 9.17) is 5.11 Å². The Balaban J connectivity index is 4.85. The third-order valence-electron chi connectivity index (χ3n) is 3.57. The van der Waals surface area contributed by atoms with Crippen LogP contribution in [0.4, 0.5) is 4.79 Å². The van der Waals surface area contributed by atoms with E-state index in [2.05, 4.69) is 20.8 Å². The molecular weight excluding hydrogens is 244 g/mol. The minimum Gasteiger partial charge on any atom is -0.481 e. The molecule has 0 bridgehead atoms. The van der Waals surface area contributed by atoms with Gasteiger partial charge in [-0.25, -0.2) is 4.79 Å². The normalized spacial score (nSPS) is 13.3. The van der Waals surface area contributed by atoms with Crippen LogP contribution in [0.2, 0.25) is 0 Å². The van der Waals surface area contributed by atoms with Crippen molar-refractivity contribution in [3.05, 3.63) is 0 Å². The zero-order valence-electron chi connectivity index (χ0n) is 13.2. The summed E-state index contributed by atoms with van der Waals surface area (Å²) in [5, 5.41) is 8.75. The topological polar surface area (TPSA) is 60.9 Å². The van der Waals surface area contributed by atoms with E-state index >= 15 is 0 Å². The maximum atomic E-state index is 12.4.